The van der Waals surface area contributed by atoms with E-state index in [1.165, 1.54) is 0 Å². The van der Waals surface area contributed by atoms with Crippen LogP contribution in [0, 0.1) is 5.41 Å². The molecular formula is C14H23F3N2O3. The minimum Gasteiger partial charge on any atom is -0.444 e. The molecule has 2 amide bonds. The molecule has 0 bridgehead atoms. The molecule has 0 aromatic rings. The smallest absolute Gasteiger partial charge is 0.407 e. The molecular weight excluding hydrogens is 301 g/mol. The molecule has 0 unspecified atom stereocenters. The standard InChI is InChI=1S/C14H23F3N2O3/c1-12(2,3)22-11(21)19-8-13(6-4-5-7-13)10(20)18-9-14(15,16)17/h4-9H2,1-3H3,(H,18,20)(H,19,21). The SMILES string of the molecule is CC(C)(C)OC(=O)NCC1(C(=O)NCC(F)(F)F)CCCC1. The number of alkyl halides is 3. The van der Waals surface area contributed by atoms with Crippen molar-refractivity contribution >= 4 is 12.0 Å². The van der Waals surface area contributed by atoms with Crippen LogP contribution in [-0.4, -0.2) is 36.9 Å². The Labute approximate surface area is 128 Å². The van der Waals surface area contributed by atoms with Crippen LogP contribution in [0.15, 0.2) is 0 Å². The van der Waals surface area contributed by atoms with Gasteiger partial charge in [0, 0.05) is 6.54 Å². The van der Waals surface area contributed by atoms with Crippen LogP contribution in [0.3, 0.4) is 0 Å². The van der Waals surface area contributed by atoms with E-state index < -0.39 is 35.7 Å². The van der Waals surface area contributed by atoms with Crippen molar-refractivity contribution in [2.45, 2.75) is 58.2 Å². The molecule has 1 rings (SSSR count). The largest absolute Gasteiger partial charge is 0.444 e. The van der Waals surface area contributed by atoms with Gasteiger partial charge < -0.3 is 15.4 Å². The summed E-state index contributed by atoms with van der Waals surface area (Å²) < 4.78 is 41.7. The summed E-state index contributed by atoms with van der Waals surface area (Å²) in [4.78, 5) is 23.8. The van der Waals surface area contributed by atoms with Gasteiger partial charge in [0.05, 0.1) is 5.41 Å². The van der Waals surface area contributed by atoms with E-state index in [4.69, 9.17) is 4.74 Å². The number of alkyl carbamates (subject to hydrolysis) is 1. The number of hydrogen-bond acceptors (Lipinski definition) is 3. The highest BCUT2D eigenvalue weighted by atomic mass is 19.4. The van der Waals surface area contributed by atoms with E-state index in [9.17, 15) is 22.8 Å². The van der Waals surface area contributed by atoms with Crippen LogP contribution >= 0.6 is 0 Å². The Kier molecular flexibility index (Phi) is 5.70. The summed E-state index contributed by atoms with van der Waals surface area (Å²) >= 11 is 0. The molecule has 0 aromatic heterocycles. The zero-order valence-corrected chi connectivity index (χ0v) is 13.1. The third-order valence-corrected chi connectivity index (χ3v) is 3.46. The summed E-state index contributed by atoms with van der Waals surface area (Å²) in [5.41, 5.74) is -1.66. The molecule has 22 heavy (non-hydrogen) atoms. The number of ether oxygens (including phenoxy) is 1. The number of carbonyl (C=O) groups is 2. The summed E-state index contributed by atoms with van der Waals surface area (Å²) in [5.74, 6) is -0.668. The van der Waals surface area contributed by atoms with Gasteiger partial charge in [0.25, 0.3) is 0 Å². The first-order chi connectivity index (χ1) is 9.94. The maximum absolute atomic E-state index is 12.2. The number of rotatable bonds is 4. The average Bonchev–Trinajstić information content (AvgIpc) is 2.80. The fraction of sp³-hybridized carbons (Fsp3) is 0.857. The summed E-state index contributed by atoms with van der Waals surface area (Å²) in [6.07, 6.45) is -2.74. The van der Waals surface area contributed by atoms with Gasteiger partial charge in [-0.2, -0.15) is 13.2 Å². The van der Waals surface area contributed by atoms with E-state index >= 15 is 0 Å². The number of nitrogens with one attached hydrogen (secondary N) is 2. The van der Waals surface area contributed by atoms with E-state index in [1.807, 2.05) is 5.32 Å². The molecule has 0 heterocycles. The minimum atomic E-state index is -4.45. The van der Waals surface area contributed by atoms with Gasteiger partial charge in [-0.05, 0) is 33.6 Å². The molecule has 5 nitrogen and oxygen atoms in total. The maximum atomic E-state index is 12.2. The lowest BCUT2D eigenvalue weighted by molar-refractivity contribution is -0.144. The van der Waals surface area contributed by atoms with Crippen LogP contribution in [0.4, 0.5) is 18.0 Å². The average molecular weight is 324 g/mol. The Bertz CT molecular complexity index is 411. The van der Waals surface area contributed by atoms with Crippen LogP contribution in [0.1, 0.15) is 46.5 Å². The van der Waals surface area contributed by atoms with Gasteiger partial charge >= 0.3 is 12.3 Å². The molecule has 1 fully saturated rings. The fourth-order valence-electron chi connectivity index (χ4n) is 2.46. The second-order valence-electron chi connectivity index (χ2n) is 6.64. The lowest BCUT2D eigenvalue weighted by Gasteiger charge is -2.29. The number of carbonyl (C=O) groups excluding carboxylic acids is 2. The van der Waals surface area contributed by atoms with Crippen LogP contribution in [-0.2, 0) is 9.53 Å². The van der Waals surface area contributed by atoms with Crippen LogP contribution in [0.5, 0.6) is 0 Å². The van der Waals surface area contributed by atoms with Crippen molar-refractivity contribution in [2.24, 2.45) is 5.41 Å². The fourth-order valence-corrected chi connectivity index (χ4v) is 2.46. The molecule has 128 valence electrons. The van der Waals surface area contributed by atoms with Gasteiger partial charge in [-0.15, -0.1) is 0 Å². The van der Waals surface area contributed by atoms with Crippen molar-refractivity contribution in [1.82, 2.24) is 10.6 Å². The lowest BCUT2D eigenvalue weighted by Crippen LogP contribution is -2.49. The highest BCUT2D eigenvalue weighted by Crippen LogP contribution is 2.38. The molecule has 2 N–H and O–H groups in total. The summed E-state index contributed by atoms with van der Waals surface area (Å²) in [5, 5.41) is 4.42. The van der Waals surface area contributed by atoms with Gasteiger partial charge in [-0.1, -0.05) is 12.8 Å². The normalized spacial score (nSPS) is 17.9. The van der Waals surface area contributed by atoms with Gasteiger partial charge in [0.15, 0.2) is 0 Å². The monoisotopic (exact) mass is 324 g/mol. The summed E-state index contributed by atoms with van der Waals surface area (Å²) in [6, 6.07) is 0. The predicted molar refractivity (Wildman–Crippen MR) is 74.2 cm³/mol. The Morgan fingerprint density at radius 2 is 1.64 bits per heavy atom. The summed E-state index contributed by atoms with van der Waals surface area (Å²) in [6.45, 7) is 3.72. The first-order valence-electron chi connectivity index (χ1n) is 7.25. The maximum Gasteiger partial charge on any atom is 0.407 e. The molecule has 0 atom stereocenters. The Hall–Kier alpha value is -1.47. The predicted octanol–water partition coefficient (Wildman–Crippen LogP) is 2.75. The first-order valence-corrected chi connectivity index (χ1v) is 7.25. The first kappa shape index (κ1) is 18.6. The van der Waals surface area contributed by atoms with Crippen LogP contribution in [0.2, 0.25) is 0 Å². The van der Waals surface area contributed by atoms with E-state index in [0.29, 0.717) is 12.8 Å². The van der Waals surface area contributed by atoms with Crippen molar-refractivity contribution in [2.75, 3.05) is 13.1 Å². The van der Waals surface area contributed by atoms with Crippen molar-refractivity contribution in [1.29, 1.82) is 0 Å². The Balaban J connectivity index is 2.60. The number of hydrogen-bond donors (Lipinski definition) is 2. The van der Waals surface area contributed by atoms with E-state index in [1.54, 1.807) is 20.8 Å². The molecule has 0 radical (unpaired) electrons. The second-order valence-corrected chi connectivity index (χ2v) is 6.64. The number of amides is 2. The van der Waals surface area contributed by atoms with Gasteiger partial charge in [-0.25, -0.2) is 4.79 Å². The molecule has 0 spiro atoms. The zero-order chi connectivity index (χ0) is 17.0. The lowest BCUT2D eigenvalue weighted by atomic mass is 9.85. The second kappa shape index (κ2) is 6.75. The van der Waals surface area contributed by atoms with E-state index in [2.05, 4.69) is 5.32 Å². The zero-order valence-electron chi connectivity index (χ0n) is 13.1. The molecule has 0 aromatic carbocycles. The third-order valence-electron chi connectivity index (χ3n) is 3.46. The van der Waals surface area contributed by atoms with Crippen molar-refractivity contribution in [3.05, 3.63) is 0 Å². The third kappa shape index (κ3) is 6.11. The van der Waals surface area contributed by atoms with Gasteiger partial charge in [-0.3, -0.25) is 4.79 Å². The topological polar surface area (TPSA) is 67.4 Å². The van der Waals surface area contributed by atoms with Crippen molar-refractivity contribution < 1.29 is 27.5 Å². The highest BCUT2D eigenvalue weighted by molar-refractivity contribution is 5.84. The number of halogens is 3. The van der Waals surface area contributed by atoms with Crippen LogP contribution < -0.4 is 10.6 Å². The van der Waals surface area contributed by atoms with E-state index in [-0.39, 0.29) is 6.54 Å². The minimum absolute atomic E-state index is 0.0222. The van der Waals surface area contributed by atoms with Gasteiger partial charge in [0.2, 0.25) is 5.91 Å². The quantitative estimate of drug-likeness (QED) is 0.835. The van der Waals surface area contributed by atoms with Gasteiger partial charge in [0.1, 0.15) is 12.1 Å². The van der Waals surface area contributed by atoms with Crippen molar-refractivity contribution in [3.63, 3.8) is 0 Å². The molecule has 1 aliphatic carbocycles. The molecule has 1 aliphatic rings. The summed E-state index contributed by atoms with van der Waals surface area (Å²) in [7, 11) is 0. The molecule has 8 heteroatoms. The Morgan fingerprint density at radius 3 is 2.09 bits per heavy atom. The Morgan fingerprint density at radius 1 is 1.09 bits per heavy atom. The van der Waals surface area contributed by atoms with Crippen LogP contribution in [0.25, 0.3) is 0 Å². The molecule has 0 saturated heterocycles. The molecule has 1 saturated carbocycles. The highest BCUT2D eigenvalue weighted by Gasteiger charge is 2.42. The van der Waals surface area contributed by atoms with Crippen molar-refractivity contribution in [3.8, 4) is 0 Å². The molecule has 0 aliphatic heterocycles. The van der Waals surface area contributed by atoms with E-state index in [0.717, 1.165) is 12.8 Å².